The molecule has 0 unspecified atom stereocenters. The van der Waals surface area contributed by atoms with Crippen molar-refractivity contribution in [3.05, 3.63) is 34.9 Å². The summed E-state index contributed by atoms with van der Waals surface area (Å²) in [6, 6.07) is 4.78. The average Bonchev–Trinajstić information content (AvgIpc) is 2.88. The van der Waals surface area contributed by atoms with Gasteiger partial charge in [-0.2, -0.15) is 12.7 Å². The van der Waals surface area contributed by atoms with Gasteiger partial charge in [0.15, 0.2) is 0 Å². The van der Waals surface area contributed by atoms with Crippen molar-refractivity contribution in [2.75, 3.05) is 13.7 Å². The quantitative estimate of drug-likeness (QED) is 0.768. The molecule has 3 rings (SSSR count). The Labute approximate surface area is 117 Å². The minimum Gasteiger partial charge on any atom is -0.469 e. The molecule has 2 heterocycles. The number of benzene rings is 1. The Balaban J connectivity index is 2.12. The average molecular weight is 297 g/mol. The Hall–Kier alpha value is -1.44. The van der Waals surface area contributed by atoms with Crippen LogP contribution in [0.15, 0.2) is 18.2 Å². The maximum absolute atomic E-state index is 12.1. The molecule has 1 aromatic carbocycles. The van der Waals surface area contributed by atoms with Crippen molar-refractivity contribution in [2.24, 2.45) is 0 Å². The number of esters is 1. The third-order valence-electron chi connectivity index (χ3n) is 3.89. The second-order valence-corrected chi connectivity index (χ2v) is 6.47. The van der Waals surface area contributed by atoms with E-state index in [1.54, 1.807) is 0 Å². The molecule has 0 saturated carbocycles. The number of nitrogens with zero attached hydrogens (tertiary/aromatic N) is 1. The minimum absolute atomic E-state index is 0.00789. The van der Waals surface area contributed by atoms with Crippen LogP contribution in [-0.4, -0.2) is 32.4 Å². The Kier molecular flexibility index (Phi) is 3.07. The fraction of sp³-hybridized carbons (Fsp3) is 0.462. The lowest BCUT2D eigenvalue weighted by Gasteiger charge is -2.20. The summed E-state index contributed by atoms with van der Waals surface area (Å²) in [7, 11) is -2.49. The van der Waals surface area contributed by atoms with Crippen molar-refractivity contribution in [1.29, 1.82) is 0 Å². The number of fused-ring (bicyclic) bond motifs is 3. The van der Waals surface area contributed by atoms with Gasteiger partial charge in [0.1, 0.15) is 0 Å². The van der Waals surface area contributed by atoms with E-state index >= 15 is 0 Å². The van der Waals surface area contributed by atoms with Gasteiger partial charge in [-0.1, -0.05) is 18.2 Å². The van der Waals surface area contributed by atoms with Gasteiger partial charge >= 0.3 is 16.3 Å². The smallest absolute Gasteiger partial charge is 0.339 e. The maximum Gasteiger partial charge on any atom is 0.339 e. The summed E-state index contributed by atoms with van der Waals surface area (Å²) < 4.78 is 35.0. The molecule has 2 aliphatic rings. The summed E-state index contributed by atoms with van der Waals surface area (Å²) in [6.45, 7) is 2.03. The van der Waals surface area contributed by atoms with Gasteiger partial charge in [-0.25, -0.2) is 0 Å². The third-order valence-corrected chi connectivity index (χ3v) is 5.34. The van der Waals surface area contributed by atoms with Gasteiger partial charge in [-0.05, 0) is 23.6 Å². The largest absolute Gasteiger partial charge is 0.469 e. The predicted molar refractivity (Wildman–Crippen MR) is 70.0 cm³/mol. The molecule has 0 aliphatic carbocycles. The van der Waals surface area contributed by atoms with Crippen LogP contribution in [0.3, 0.4) is 0 Å². The van der Waals surface area contributed by atoms with Crippen LogP contribution in [0.25, 0.3) is 0 Å². The predicted octanol–water partition coefficient (Wildman–Crippen LogP) is 1.23. The zero-order chi connectivity index (χ0) is 14.5. The summed E-state index contributed by atoms with van der Waals surface area (Å²) in [5.74, 6) is -0.440. The summed E-state index contributed by atoms with van der Waals surface area (Å²) in [4.78, 5) is 11.6. The summed E-state index contributed by atoms with van der Waals surface area (Å²) in [6.07, 6.45) is -0.00789. The maximum atomic E-state index is 12.1. The first-order chi connectivity index (χ1) is 9.45. The molecular formula is C13H15NO5S. The SMILES string of the molecule is COC(=O)C[C@H]1c2cccc(C)c2[C@@H]2COS(=O)(=O)N12. The number of ether oxygens (including phenoxy) is 1. The Morgan fingerprint density at radius 1 is 1.50 bits per heavy atom. The molecule has 7 heteroatoms. The lowest BCUT2D eigenvalue weighted by Crippen LogP contribution is -2.28. The van der Waals surface area contributed by atoms with Crippen LogP contribution in [0.5, 0.6) is 0 Å². The highest BCUT2D eigenvalue weighted by Crippen LogP contribution is 2.50. The molecule has 2 atom stereocenters. The van der Waals surface area contributed by atoms with Crippen LogP contribution in [0.2, 0.25) is 0 Å². The number of hydrogen-bond acceptors (Lipinski definition) is 5. The molecule has 2 aliphatic heterocycles. The van der Waals surface area contributed by atoms with Crippen LogP contribution in [-0.2, 0) is 24.0 Å². The second kappa shape index (κ2) is 4.54. The Morgan fingerprint density at radius 3 is 2.95 bits per heavy atom. The number of hydrogen-bond donors (Lipinski definition) is 0. The molecule has 0 amide bonds. The van der Waals surface area contributed by atoms with Gasteiger partial charge in [0.25, 0.3) is 0 Å². The van der Waals surface area contributed by atoms with E-state index in [-0.39, 0.29) is 19.1 Å². The lowest BCUT2D eigenvalue weighted by atomic mass is 9.96. The molecule has 1 saturated heterocycles. The monoisotopic (exact) mass is 297 g/mol. The molecule has 1 fully saturated rings. The highest BCUT2D eigenvalue weighted by atomic mass is 32.2. The van der Waals surface area contributed by atoms with Crippen molar-refractivity contribution in [3.8, 4) is 0 Å². The highest BCUT2D eigenvalue weighted by molar-refractivity contribution is 7.84. The number of carbonyl (C=O) groups excluding carboxylic acids is 1. The fourth-order valence-corrected chi connectivity index (χ4v) is 4.45. The molecule has 0 N–H and O–H groups in total. The summed E-state index contributed by atoms with van der Waals surface area (Å²) in [5.41, 5.74) is 2.82. The fourth-order valence-electron chi connectivity index (χ4n) is 3.05. The van der Waals surface area contributed by atoms with Crippen LogP contribution < -0.4 is 0 Å². The van der Waals surface area contributed by atoms with E-state index in [1.165, 1.54) is 11.4 Å². The molecule has 0 aromatic heterocycles. The van der Waals surface area contributed by atoms with E-state index in [4.69, 9.17) is 4.18 Å². The number of rotatable bonds is 2. The van der Waals surface area contributed by atoms with Crippen molar-refractivity contribution in [1.82, 2.24) is 4.31 Å². The lowest BCUT2D eigenvalue weighted by molar-refractivity contribution is -0.141. The van der Waals surface area contributed by atoms with Crippen molar-refractivity contribution in [2.45, 2.75) is 25.4 Å². The molecule has 108 valence electrons. The van der Waals surface area contributed by atoms with Crippen LogP contribution in [0, 0.1) is 6.92 Å². The van der Waals surface area contributed by atoms with Crippen LogP contribution in [0.4, 0.5) is 0 Å². The first kappa shape index (κ1) is 13.5. The molecule has 0 radical (unpaired) electrons. The topological polar surface area (TPSA) is 72.9 Å². The van der Waals surface area contributed by atoms with E-state index in [9.17, 15) is 13.2 Å². The molecule has 0 spiro atoms. The van der Waals surface area contributed by atoms with E-state index in [0.717, 1.165) is 16.7 Å². The zero-order valence-corrected chi connectivity index (χ0v) is 12.0. The van der Waals surface area contributed by atoms with Gasteiger partial charge in [0.05, 0.1) is 32.2 Å². The Morgan fingerprint density at radius 2 is 2.25 bits per heavy atom. The zero-order valence-electron chi connectivity index (χ0n) is 11.2. The van der Waals surface area contributed by atoms with Crippen molar-refractivity contribution in [3.63, 3.8) is 0 Å². The Bertz CT molecular complexity index is 669. The van der Waals surface area contributed by atoms with Crippen molar-refractivity contribution >= 4 is 16.3 Å². The third kappa shape index (κ3) is 1.85. The molecular weight excluding hydrogens is 282 g/mol. The number of carbonyl (C=O) groups is 1. The van der Waals surface area contributed by atoms with Gasteiger partial charge < -0.3 is 4.74 Å². The normalized spacial score (nSPS) is 27.1. The van der Waals surface area contributed by atoms with Gasteiger partial charge in [0, 0.05) is 0 Å². The van der Waals surface area contributed by atoms with Gasteiger partial charge in [-0.15, -0.1) is 0 Å². The molecule has 1 aromatic rings. The van der Waals surface area contributed by atoms with Crippen LogP contribution in [0.1, 0.15) is 35.2 Å². The standard InChI is InChI=1S/C13H15NO5S/c1-8-4-3-5-9-10(6-12(15)18-2)14-11(13(8)9)7-19-20(14,16)17/h3-5,10-11H,6-7H2,1-2H3/t10-,11-/m0/s1. The van der Waals surface area contributed by atoms with E-state index in [1.807, 2.05) is 25.1 Å². The highest BCUT2D eigenvalue weighted by Gasteiger charge is 2.51. The number of aryl methyl sites for hydroxylation is 1. The molecule has 20 heavy (non-hydrogen) atoms. The van der Waals surface area contributed by atoms with E-state index < -0.39 is 22.3 Å². The van der Waals surface area contributed by atoms with Gasteiger partial charge in [0.2, 0.25) is 0 Å². The van der Waals surface area contributed by atoms with Crippen molar-refractivity contribution < 1.29 is 22.1 Å². The summed E-state index contributed by atoms with van der Waals surface area (Å²) >= 11 is 0. The first-order valence-electron chi connectivity index (χ1n) is 6.30. The summed E-state index contributed by atoms with van der Waals surface area (Å²) in [5, 5.41) is 0. The molecule has 6 nitrogen and oxygen atoms in total. The second-order valence-electron chi connectivity index (χ2n) is 4.96. The van der Waals surface area contributed by atoms with Crippen LogP contribution >= 0.6 is 0 Å². The molecule has 0 bridgehead atoms. The number of methoxy groups -OCH3 is 1. The minimum atomic E-state index is -3.79. The van der Waals surface area contributed by atoms with E-state index in [0.29, 0.717) is 0 Å². The van der Waals surface area contributed by atoms with Gasteiger partial charge in [-0.3, -0.25) is 8.98 Å². The first-order valence-corrected chi connectivity index (χ1v) is 7.66. The van der Waals surface area contributed by atoms with E-state index in [2.05, 4.69) is 4.74 Å².